The number of carbonyl (C=O) groups is 1. The van der Waals surface area contributed by atoms with E-state index in [1.807, 2.05) is 25.1 Å². The minimum atomic E-state index is -0.729. The number of benzene rings is 2. The lowest BCUT2D eigenvalue weighted by atomic mass is 9.98. The average Bonchev–Trinajstić information content (AvgIpc) is 3.11. The lowest BCUT2D eigenvalue weighted by Crippen LogP contribution is -2.30. The Morgan fingerprint density at radius 3 is 2.47 bits per heavy atom. The zero-order valence-corrected chi connectivity index (χ0v) is 17.8. The monoisotopic (exact) mass is 428 g/mol. The van der Waals surface area contributed by atoms with E-state index in [4.69, 9.17) is 13.9 Å². The fraction of sp³-hybridized carbons (Fsp3) is 0.160. The third kappa shape index (κ3) is 2.93. The first-order valence-corrected chi connectivity index (χ1v) is 10.1. The molecule has 7 heteroatoms. The molecule has 0 bridgehead atoms. The van der Waals surface area contributed by atoms with Gasteiger partial charge in [0.25, 0.3) is 5.91 Å². The van der Waals surface area contributed by atoms with E-state index in [9.17, 15) is 9.59 Å². The van der Waals surface area contributed by atoms with Crippen LogP contribution in [0, 0.1) is 6.92 Å². The number of methoxy groups -OCH3 is 2. The maximum absolute atomic E-state index is 13.6. The SMILES string of the molecule is COc1ccc([C@H]2c3c(oc4ccccc4c3=O)C(=O)N2c2cccc(C)n2)cc1OC. The van der Waals surface area contributed by atoms with Crippen molar-refractivity contribution in [3.8, 4) is 11.5 Å². The van der Waals surface area contributed by atoms with Crippen LogP contribution in [0.1, 0.15) is 33.4 Å². The summed E-state index contributed by atoms with van der Waals surface area (Å²) in [6.45, 7) is 1.85. The normalized spacial score (nSPS) is 15.2. The number of aryl methyl sites for hydroxylation is 1. The summed E-state index contributed by atoms with van der Waals surface area (Å²) in [7, 11) is 3.09. The number of carbonyl (C=O) groups excluding carboxylic acids is 1. The van der Waals surface area contributed by atoms with E-state index in [1.54, 1.807) is 49.6 Å². The second kappa shape index (κ2) is 7.53. The van der Waals surface area contributed by atoms with Crippen molar-refractivity contribution < 1.29 is 18.7 Å². The smallest absolute Gasteiger partial charge is 0.296 e. The van der Waals surface area contributed by atoms with Crippen LogP contribution in [0.2, 0.25) is 0 Å². The number of fused-ring (bicyclic) bond motifs is 2. The van der Waals surface area contributed by atoms with Crippen LogP contribution < -0.4 is 19.8 Å². The number of aromatic nitrogens is 1. The molecule has 1 atom stereocenters. The van der Waals surface area contributed by atoms with Crippen molar-refractivity contribution in [1.29, 1.82) is 0 Å². The third-order valence-electron chi connectivity index (χ3n) is 5.62. The number of hydrogen-bond donors (Lipinski definition) is 0. The van der Waals surface area contributed by atoms with E-state index < -0.39 is 11.9 Å². The van der Waals surface area contributed by atoms with Crippen molar-refractivity contribution in [2.24, 2.45) is 0 Å². The molecule has 2 aromatic heterocycles. The highest BCUT2D eigenvalue weighted by atomic mass is 16.5. The van der Waals surface area contributed by atoms with Crippen molar-refractivity contribution in [2.75, 3.05) is 19.1 Å². The largest absolute Gasteiger partial charge is 0.493 e. The van der Waals surface area contributed by atoms with Crippen LogP contribution in [-0.2, 0) is 0 Å². The summed E-state index contributed by atoms with van der Waals surface area (Å²) >= 11 is 0. The van der Waals surface area contributed by atoms with Crippen LogP contribution in [0.15, 0.2) is 69.9 Å². The molecule has 3 heterocycles. The minimum absolute atomic E-state index is 0.0248. The summed E-state index contributed by atoms with van der Waals surface area (Å²) in [5, 5.41) is 0.420. The second-order valence-corrected chi connectivity index (χ2v) is 7.50. The fourth-order valence-electron chi connectivity index (χ4n) is 4.16. The van der Waals surface area contributed by atoms with Crippen molar-refractivity contribution >= 4 is 22.7 Å². The molecule has 1 amide bonds. The van der Waals surface area contributed by atoms with Gasteiger partial charge in [-0.15, -0.1) is 0 Å². The number of amides is 1. The van der Waals surface area contributed by atoms with Gasteiger partial charge in [-0.25, -0.2) is 4.98 Å². The molecule has 0 aliphatic carbocycles. The number of para-hydroxylation sites is 1. The molecule has 7 nitrogen and oxygen atoms in total. The summed E-state index contributed by atoms with van der Waals surface area (Å²) in [6, 6.07) is 16.9. The van der Waals surface area contributed by atoms with Crippen LogP contribution in [0.4, 0.5) is 5.82 Å². The lowest BCUT2D eigenvalue weighted by Gasteiger charge is -2.25. The molecule has 0 unspecified atom stereocenters. The number of ether oxygens (including phenoxy) is 2. The Morgan fingerprint density at radius 1 is 0.938 bits per heavy atom. The van der Waals surface area contributed by atoms with Gasteiger partial charge in [0.15, 0.2) is 16.9 Å². The minimum Gasteiger partial charge on any atom is -0.493 e. The highest BCUT2D eigenvalue weighted by Gasteiger charge is 2.44. The molecule has 1 aliphatic rings. The highest BCUT2D eigenvalue weighted by molar-refractivity contribution is 6.10. The molecule has 0 spiro atoms. The fourth-order valence-corrected chi connectivity index (χ4v) is 4.16. The first kappa shape index (κ1) is 19.8. The zero-order chi connectivity index (χ0) is 22.4. The van der Waals surface area contributed by atoms with Gasteiger partial charge in [-0.05, 0) is 48.9 Å². The molecule has 32 heavy (non-hydrogen) atoms. The number of anilines is 1. The van der Waals surface area contributed by atoms with Gasteiger partial charge in [0, 0.05) is 5.69 Å². The van der Waals surface area contributed by atoms with Crippen molar-refractivity contribution in [3.63, 3.8) is 0 Å². The molecule has 5 rings (SSSR count). The van der Waals surface area contributed by atoms with Crippen LogP contribution in [0.25, 0.3) is 11.0 Å². The van der Waals surface area contributed by atoms with E-state index in [0.29, 0.717) is 33.8 Å². The van der Waals surface area contributed by atoms with Crippen molar-refractivity contribution in [3.05, 3.63) is 93.5 Å². The summed E-state index contributed by atoms with van der Waals surface area (Å²) in [5.74, 6) is 1.09. The predicted octanol–water partition coefficient (Wildman–Crippen LogP) is 4.26. The zero-order valence-electron chi connectivity index (χ0n) is 17.8. The van der Waals surface area contributed by atoms with Gasteiger partial charge in [-0.1, -0.05) is 24.3 Å². The Hall–Kier alpha value is -4.13. The van der Waals surface area contributed by atoms with Gasteiger partial charge in [-0.3, -0.25) is 14.5 Å². The third-order valence-corrected chi connectivity index (χ3v) is 5.62. The van der Waals surface area contributed by atoms with Crippen molar-refractivity contribution in [1.82, 2.24) is 4.98 Å². The van der Waals surface area contributed by atoms with E-state index in [-0.39, 0.29) is 16.8 Å². The van der Waals surface area contributed by atoms with Crippen molar-refractivity contribution in [2.45, 2.75) is 13.0 Å². The standard InChI is InChI=1S/C25H20N2O5/c1-14-7-6-10-20(26-14)27-22(15-11-12-18(30-2)19(13-15)31-3)21-23(28)16-8-4-5-9-17(16)32-24(21)25(27)29/h4-13,22H,1-3H3/t22-/m0/s1. The van der Waals surface area contributed by atoms with Crippen LogP contribution in [0.5, 0.6) is 11.5 Å². The topological polar surface area (TPSA) is 81.9 Å². The predicted molar refractivity (Wildman–Crippen MR) is 120 cm³/mol. The first-order valence-electron chi connectivity index (χ1n) is 10.1. The quantitative estimate of drug-likeness (QED) is 0.483. The van der Waals surface area contributed by atoms with E-state index in [2.05, 4.69) is 4.98 Å². The second-order valence-electron chi connectivity index (χ2n) is 7.50. The number of rotatable bonds is 4. The van der Waals surface area contributed by atoms with Crippen LogP contribution in [-0.4, -0.2) is 25.1 Å². The molecule has 0 radical (unpaired) electrons. The van der Waals surface area contributed by atoms with Gasteiger partial charge in [0.2, 0.25) is 5.76 Å². The molecule has 0 fully saturated rings. The van der Waals surface area contributed by atoms with Crippen LogP contribution >= 0.6 is 0 Å². The summed E-state index contributed by atoms with van der Waals surface area (Å²) in [6.07, 6.45) is 0. The van der Waals surface area contributed by atoms with E-state index >= 15 is 0 Å². The highest BCUT2D eigenvalue weighted by Crippen LogP contribution is 2.42. The van der Waals surface area contributed by atoms with E-state index in [1.165, 1.54) is 12.0 Å². The molecule has 1 aliphatic heterocycles. The number of hydrogen-bond acceptors (Lipinski definition) is 6. The van der Waals surface area contributed by atoms with Gasteiger partial charge in [0.1, 0.15) is 11.4 Å². The van der Waals surface area contributed by atoms with Gasteiger partial charge >= 0.3 is 0 Å². The Bertz CT molecular complexity index is 1430. The van der Waals surface area contributed by atoms with Gasteiger partial charge in [-0.2, -0.15) is 0 Å². The lowest BCUT2D eigenvalue weighted by molar-refractivity contribution is 0.0970. The maximum atomic E-state index is 13.6. The Kier molecular flexibility index (Phi) is 4.66. The molecule has 2 aromatic carbocycles. The molecular weight excluding hydrogens is 408 g/mol. The van der Waals surface area contributed by atoms with Gasteiger partial charge < -0.3 is 13.9 Å². The van der Waals surface area contributed by atoms with Crippen LogP contribution in [0.3, 0.4) is 0 Å². The molecule has 160 valence electrons. The Morgan fingerprint density at radius 2 is 1.72 bits per heavy atom. The number of nitrogens with zero attached hydrogens (tertiary/aromatic N) is 2. The molecule has 0 saturated carbocycles. The molecule has 0 saturated heterocycles. The summed E-state index contributed by atoms with van der Waals surface area (Å²) in [5.41, 5.74) is 1.84. The maximum Gasteiger partial charge on any atom is 0.296 e. The Balaban J connectivity index is 1.81. The summed E-state index contributed by atoms with van der Waals surface area (Å²) < 4.78 is 16.8. The molecular formula is C25H20N2O5. The average molecular weight is 428 g/mol. The molecule has 0 N–H and O–H groups in total. The van der Waals surface area contributed by atoms with Gasteiger partial charge in [0.05, 0.1) is 31.2 Å². The molecule has 4 aromatic rings. The van der Waals surface area contributed by atoms with E-state index in [0.717, 1.165) is 5.69 Å². The summed E-state index contributed by atoms with van der Waals surface area (Å²) in [4.78, 5) is 33.2. The number of pyridine rings is 1. The Labute approximate surface area is 183 Å². The first-order chi connectivity index (χ1) is 15.5.